The van der Waals surface area contributed by atoms with Gasteiger partial charge in [-0.15, -0.1) is 0 Å². The summed E-state index contributed by atoms with van der Waals surface area (Å²) in [7, 11) is 0. The Kier molecular flexibility index (Phi) is 7.00. The Morgan fingerprint density at radius 3 is 2.45 bits per heavy atom. The summed E-state index contributed by atoms with van der Waals surface area (Å²) in [6, 6.07) is 14.3. The molecule has 0 radical (unpaired) electrons. The molecule has 0 unspecified atom stereocenters. The summed E-state index contributed by atoms with van der Waals surface area (Å²) in [5.74, 6) is 1.94. The number of hydrogen-bond acceptors (Lipinski definition) is 6. The molecule has 1 amide bonds. The van der Waals surface area contributed by atoms with Gasteiger partial charge < -0.3 is 19.5 Å². The lowest BCUT2D eigenvalue weighted by Crippen LogP contribution is -2.23. The van der Waals surface area contributed by atoms with Gasteiger partial charge in [0.25, 0.3) is 5.91 Å². The van der Waals surface area contributed by atoms with Crippen LogP contribution >= 0.6 is 0 Å². The molecule has 0 atom stereocenters. The number of aromatic nitrogens is 2. The maximum absolute atomic E-state index is 12.5. The van der Waals surface area contributed by atoms with Crippen LogP contribution in [0.1, 0.15) is 29.8 Å². The summed E-state index contributed by atoms with van der Waals surface area (Å²) in [5.41, 5.74) is 1.26. The van der Waals surface area contributed by atoms with E-state index in [9.17, 15) is 4.79 Å². The van der Waals surface area contributed by atoms with Gasteiger partial charge in [-0.1, -0.05) is 0 Å². The number of nitrogens with one attached hydrogen (secondary N) is 1. The smallest absolute Gasteiger partial charge is 0.257 e. The van der Waals surface area contributed by atoms with E-state index in [1.54, 1.807) is 30.6 Å². The molecule has 0 saturated heterocycles. The van der Waals surface area contributed by atoms with E-state index in [4.69, 9.17) is 14.2 Å². The second kappa shape index (κ2) is 10.1. The zero-order valence-corrected chi connectivity index (χ0v) is 16.4. The molecule has 0 saturated carbocycles. The number of amides is 1. The van der Waals surface area contributed by atoms with Crippen LogP contribution in [0.4, 0.5) is 0 Å². The Labute approximate surface area is 169 Å². The van der Waals surface area contributed by atoms with E-state index >= 15 is 0 Å². The quantitative estimate of drug-likeness (QED) is 0.592. The molecule has 0 bridgehead atoms. The Hall–Kier alpha value is -3.61. The number of pyridine rings is 2. The van der Waals surface area contributed by atoms with Crippen molar-refractivity contribution >= 4 is 5.91 Å². The summed E-state index contributed by atoms with van der Waals surface area (Å²) < 4.78 is 16.6. The summed E-state index contributed by atoms with van der Waals surface area (Å²) in [5, 5.41) is 2.87. The van der Waals surface area contributed by atoms with Crippen molar-refractivity contribution < 1.29 is 19.0 Å². The number of benzene rings is 1. The zero-order valence-electron chi connectivity index (χ0n) is 16.4. The van der Waals surface area contributed by atoms with Crippen LogP contribution in [0, 0.1) is 0 Å². The molecule has 2 heterocycles. The molecule has 0 aliphatic rings. The van der Waals surface area contributed by atoms with E-state index in [1.165, 1.54) is 0 Å². The van der Waals surface area contributed by atoms with E-state index in [0.717, 1.165) is 11.3 Å². The van der Waals surface area contributed by atoms with Gasteiger partial charge >= 0.3 is 0 Å². The van der Waals surface area contributed by atoms with E-state index < -0.39 is 0 Å². The van der Waals surface area contributed by atoms with E-state index in [-0.39, 0.29) is 5.91 Å². The Morgan fingerprint density at radius 2 is 1.69 bits per heavy atom. The first kappa shape index (κ1) is 20.1. The number of ether oxygens (including phenoxy) is 3. The second-order valence-electron chi connectivity index (χ2n) is 5.98. The van der Waals surface area contributed by atoms with Crippen molar-refractivity contribution in [3.63, 3.8) is 0 Å². The van der Waals surface area contributed by atoms with Crippen LogP contribution in [0.25, 0.3) is 0 Å². The maximum Gasteiger partial charge on any atom is 0.257 e. The van der Waals surface area contributed by atoms with Gasteiger partial charge in [-0.3, -0.25) is 4.79 Å². The lowest BCUT2D eigenvalue weighted by molar-refractivity contribution is 0.0946. The molecule has 0 fully saturated rings. The summed E-state index contributed by atoms with van der Waals surface area (Å²) in [6.07, 6.45) is 3.23. The minimum absolute atomic E-state index is 0.257. The standard InChI is InChI=1S/C22H23N3O4/c1-3-27-17-7-9-18(10-8-17)29-20-14-16(11-13-23-20)15-25-21(26)19-6-5-12-24-22(19)28-4-2/h5-14H,3-4,15H2,1-2H3,(H,25,26). The van der Waals surface area contributed by atoms with Crippen LogP contribution in [-0.4, -0.2) is 29.1 Å². The summed E-state index contributed by atoms with van der Waals surface area (Å²) in [4.78, 5) is 20.8. The number of rotatable bonds is 9. The van der Waals surface area contributed by atoms with Gasteiger partial charge in [0.2, 0.25) is 11.8 Å². The third-order valence-electron chi connectivity index (χ3n) is 3.91. The molecule has 7 nitrogen and oxygen atoms in total. The summed E-state index contributed by atoms with van der Waals surface area (Å²) >= 11 is 0. The van der Waals surface area contributed by atoms with Gasteiger partial charge in [-0.2, -0.15) is 0 Å². The van der Waals surface area contributed by atoms with E-state index in [1.807, 2.05) is 44.2 Å². The zero-order chi connectivity index (χ0) is 20.5. The first-order valence-corrected chi connectivity index (χ1v) is 9.41. The summed E-state index contributed by atoms with van der Waals surface area (Å²) in [6.45, 7) is 5.15. The van der Waals surface area contributed by atoms with Crippen molar-refractivity contribution in [3.8, 4) is 23.3 Å². The van der Waals surface area contributed by atoms with Crippen LogP contribution in [-0.2, 0) is 6.54 Å². The highest BCUT2D eigenvalue weighted by molar-refractivity contribution is 5.96. The van der Waals surface area contributed by atoms with Gasteiger partial charge in [-0.25, -0.2) is 9.97 Å². The van der Waals surface area contributed by atoms with Crippen molar-refractivity contribution in [2.75, 3.05) is 13.2 Å². The van der Waals surface area contributed by atoms with Gasteiger partial charge in [0.1, 0.15) is 17.1 Å². The van der Waals surface area contributed by atoms with E-state index in [0.29, 0.717) is 42.8 Å². The highest BCUT2D eigenvalue weighted by atomic mass is 16.5. The minimum Gasteiger partial charge on any atom is -0.494 e. The second-order valence-corrected chi connectivity index (χ2v) is 5.98. The van der Waals surface area contributed by atoms with Crippen molar-refractivity contribution in [1.82, 2.24) is 15.3 Å². The third kappa shape index (κ3) is 5.68. The first-order valence-electron chi connectivity index (χ1n) is 9.41. The predicted molar refractivity (Wildman–Crippen MR) is 108 cm³/mol. The monoisotopic (exact) mass is 393 g/mol. The van der Waals surface area contributed by atoms with Gasteiger partial charge in [-0.05, 0) is 61.9 Å². The fourth-order valence-corrected chi connectivity index (χ4v) is 2.60. The topological polar surface area (TPSA) is 82.6 Å². The van der Waals surface area contributed by atoms with Crippen molar-refractivity contribution in [2.24, 2.45) is 0 Å². The molecule has 1 N–H and O–H groups in total. The molecule has 0 spiro atoms. The Balaban J connectivity index is 1.62. The van der Waals surface area contributed by atoms with Crippen LogP contribution in [0.15, 0.2) is 60.9 Å². The molecule has 3 rings (SSSR count). The Bertz CT molecular complexity index is 945. The molecular formula is C22H23N3O4. The molecule has 7 heteroatoms. The van der Waals surface area contributed by atoms with Gasteiger partial charge in [0.05, 0.1) is 13.2 Å². The first-order chi connectivity index (χ1) is 14.2. The largest absolute Gasteiger partial charge is 0.494 e. The minimum atomic E-state index is -0.257. The predicted octanol–water partition coefficient (Wildman–Crippen LogP) is 4.00. The average molecular weight is 393 g/mol. The highest BCUT2D eigenvalue weighted by Crippen LogP contribution is 2.23. The normalized spacial score (nSPS) is 10.3. The highest BCUT2D eigenvalue weighted by Gasteiger charge is 2.13. The van der Waals surface area contributed by atoms with Crippen LogP contribution in [0.3, 0.4) is 0 Å². The number of carbonyl (C=O) groups excluding carboxylic acids is 1. The number of carbonyl (C=O) groups is 1. The molecule has 0 aliphatic heterocycles. The third-order valence-corrected chi connectivity index (χ3v) is 3.91. The van der Waals surface area contributed by atoms with E-state index in [2.05, 4.69) is 15.3 Å². The number of hydrogen-bond donors (Lipinski definition) is 1. The molecule has 0 aliphatic carbocycles. The fourth-order valence-electron chi connectivity index (χ4n) is 2.60. The van der Waals surface area contributed by atoms with Crippen LogP contribution < -0.4 is 19.5 Å². The lowest BCUT2D eigenvalue weighted by Gasteiger charge is -2.10. The van der Waals surface area contributed by atoms with Crippen molar-refractivity contribution in [1.29, 1.82) is 0 Å². The number of nitrogens with zero attached hydrogens (tertiary/aromatic N) is 2. The molecular weight excluding hydrogens is 370 g/mol. The maximum atomic E-state index is 12.5. The van der Waals surface area contributed by atoms with Crippen LogP contribution in [0.5, 0.6) is 23.3 Å². The fraction of sp³-hybridized carbons (Fsp3) is 0.227. The molecule has 3 aromatic rings. The molecule has 2 aromatic heterocycles. The molecule has 29 heavy (non-hydrogen) atoms. The SMILES string of the molecule is CCOc1ccc(Oc2cc(CNC(=O)c3cccnc3OCC)ccn2)cc1. The van der Waals surface area contributed by atoms with Crippen molar-refractivity contribution in [3.05, 3.63) is 72.1 Å². The molecule has 150 valence electrons. The lowest BCUT2D eigenvalue weighted by atomic mass is 10.2. The van der Waals surface area contributed by atoms with Crippen LogP contribution in [0.2, 0.25) is 0 Å². The van der Waals surface area contributed by atoms with Gasteiger partial charge in [0, 0.05) is 25.0 Å². The van der Waals surface area contributed by atoms with Gasteiger partial charge in [0.15, 0.2) is 0 Å². The Morgan fingerprint density at radius 1 is 0.931 bits per heavy atom. The average Bonchev–Trinajstić information content (AvgIpc) is 2.75. The molecule has 1 aromatic carbocycles. The van der Waals surface area contributed by atoms with Crippen molar-refractivity contribution in [2.45, 2.75) is 20.4 Å².